The molecule has 0 aliphatic rings. The molecule has 0 saturated heterocycles. The van der Waals surface area contributed by atoms with Crippen molar-refractivity contribution in [1.29, 1.82) is 0 Å². The highest BCUT2D eigenvalue weighted by molar-refractivity contribution is 5.84. The summed E-state index contributed by atoms with van der Waals surface area (Å²) >= 11 is 0. The number of rotatable bonds is 8. The van der Waals surface area contributed by atoms with E-state index in [0.717, 1.165) is 16.9 Å². The minimum atomic E-state index is -0.730. The molecule has 4 N–H and O–H groups in total. The molecule has 0 aliphatic carbocycles. The van der Waals surface area contributed by atoms with E-state index in [0.29, 0.717) is 6.61 Å². The lowest BCUT2D eigenvalue weighted by molar-refractivity contribution is -0.119. The fraction of sp³-hybridized carbons (Fsp3) is 0.105. The summed E-state index contributed by atoms with van der Waals surface area (Å²) in [6, 6.07) is 17.1. The number of aromatic amines is 2. The monoisotopic (exact) mass is 394 g/mol. The third-order valence-electron chi connectivity index (χ3n) is 3.66. The van der Waals surface area contributed by atoms with Crippen LogP contribution < -0.4 is 26.7 Å². The fourth-order valence-electron chi connectivity index (χ4n) is 2.24. The summed E-state index contributed by atoms with van der Waals surface area (Å²) in [5.74, 6) is 0.0594. The summed E-state index contributed by atoms with van der Waals surface area (Å²) in [7, 11) is 0. The van der Waals surface area contributed by atoms with Gasteiger partial charge in [0.25, 0.3) is 11.5 Å². The summed E-state index contributed by atoms with van der Waals surface area (Å²) in [4.78, 5) is 36.0. The molecule has 3 aromatic rings. The average molecular weight is 394 g/mol. The Bertz CT molecular complexity index is 1090. The Labute approximate surface area is 164 Å². The molecule has 1 heterocycles. The maximum Gasteiger partial charge on any atom is 0.342 e. The van der Waals surface area contributed by atoms with Crippen molar-refractivity contribution in [3.8, 4) is 5.75 Å². The SMILES string of the molecule is O=C(CNc1n[nH]c(=O)[nH]c1=O)N/N=C\c1ccc(OCc2ccccc2)cc1. The minimum Gasteiger partial charge on any atom is -0.489 e. The Kier molecular flexibility index (Phi) is 6.50. The smallest absolute Gasteiger partial charge is 0.342 e. The van der Waals surface area contributed by atoms with E-state index in [4.69, 9.17) is 4.74 Å². The van der Waals surface area contributed by atoms with Crippen LogP contribution in [0.15, 0.2) is 69.3 Å². The third kappa shape index (κ3) is 6.17. The molecule has 148 valence electrons. The van der Waals surface area contributed by atoms with Crippen molar-refractivity contribution in [3.05, 3.63) is 86.6 Å². The molecule has 10 nitrogen and oxygen atoms in total. The van der Waals surface area contributed by atoms with E-state index in [9.17, 15) is 14.4 Å². The van der Waals surface area contributed by atoms with E-state index in [1.165, 1.54) is 6.21 Å². The number of hydrogen-bond donors (Lipinski definition) is 4. The number of carbonyl (C=O) groups is 1. The number of nitrogens with zero attached hydrogens (tertiary/aromatic N) is 2. The van der Waals surface area contributed by atoms with Gasteiger partial charge in [-0.2, -0.15) is 5.10 Å². The standard InChI is InChI=1S/C19H18N6O4/c26-16(11-20-17-18(27)22-19(28)25-24-17)23-21-10-13-6-8-15(9-7-13)29-12-14-4-2-1-3-5-14/h1-10H,11-12H2,(H,20,24)(H,23,26)(H2,22,25,27,28)/b21-10-. The van der Waals surface area contributed by atoms with Gasteiger partial charge >= 0.3 is 5.69 Å². The molecule has 2 aromatic carbocycles. The highest BCUT2D eigenvalue weighted by Crippen LogP contribution is 2.13. The Morgan fingerprint density at radius 2 is 1.86 bits per heavy atom. The van der Waals surface area contributed by atoms with Crippen molar-refractivity contribution in [2.24, 2.45) is 5.10 Å². The molecule has 0 aliphatic heterocycles. The van der Waals surface area contributed by atoms with Crippen LogP contribution in [0, 0.1) is 0 Å². The second-order valence-corrected chi connectivity index (χ2v) is 5.85. The van der Waals surface area contributed by atoms with Crippen molar-refractivity contribution in [3.63, 3.8) is 0 Å². The first-order chi connectivity index (χ1) is 14.1. The molecular formula is C19H18N6O4. The zero-order valence-corrected chi connectivity index (χ0v) is 15.2. The van der Waals surface area contributed by atoms with Crippen molar-refractivity contribution in [2.75, 3.05) is 11.9 Å². The van der Waals surface area contributed by atoms with Crippen LogP contribution in [0.1, 0.15) is 11.1 Å². The van der Waals surface area contributed by atoms with Crippen LogP contribution in [0.4, 0.5) is 5.82 Å². The molecule has 29 heavy (non-hydrogen) atoms. The first-order valence-electron chi connectivity index (χ1n) is 8.62. The third-order valence-corrected chi connectivity index (χ3v) is 3.66. The van der Waals surface area contributed by atoms with Gasteiger partial charge in [-0.3, -0.25) is 14.6 Å². The molecule has 0 fully saturated rings. The van der Waals surface area contributed by atoms with E-state index < -0.39 is 17.2 Å². The number of hydrazone groups is 1. The second-order valence-electron chi connectivity index (χ2n) is 5.85. The van der Waals surface area contributed by atoms with Gasteiger partial charge in [-0.1, -0.05) is 30.3 Å². The highest BCUT2D eigenvalue weighted by Gasteiger charge is 2.04. The molecule has 1 amide bonds. The molecule has 0 bridgehead atoms. The number of benzene rings is 2. The molecule has 0 spiro atoms. The normalized spacial score (nSPS) is 10.6. The number of nitrogens with one attached hydrogen (secondary N) is 4. The number of carbonyl (C=O) groups excluding carboxylic acids is 1. The zero-order valence-electron chi connectivity index (χ0n) is 15.2. The minimum absolute atomic E-state index is 0.171. The van der Waals surface area contributed by atoms with Crippen molar-refractivity contribution < 1.29 is 9.53 Å². The summed E-state index contributed by atoms with van der Waals surface area (Å²) in [6.45, 7) is 0.232. The predicted octanol–water partition coefficient (Wildman–Crippen LogP) is 0.599. The Hall–Kier alpha value is -4.21. The van der Waals surface area contributed by atoms with Crippen molar-refractivity contribution >= 4 is 17.9 Å². The first-order valence-corrected chi connectivity index (χ1v) is 8.62. The number of H-pyrrole nitrogens is 2. The molecule has 0 atom stereocenters. The molecule has 1 aromatic heterocycles. The molecule has 3 rings (SSSR count). The van der Waals surface area contributed by atoms with Gasteiger partial charge in [-0.05, 0) is 35.4 Å². The number of aromatic nitrogens is 3. The predicted molar refractivity (Wildman–Crippen MR) is 107 cm³/mol. The molecular weight excluding hydrogens is 376 g/mol. The lowest BCUT2D eigenvalue weighted by atomic mass is 10.2. The Morgan fingerprint density at radius 3 is 2.59 bits per heavy atom. The Morgan fingerprint density at radius 1 is 1.10 bits per heavy atom. The van der Waals surface area contributed by atoms with Gasteiger partial charge in [0.05, 0.1) is 12.8 Å². The van der Waals surface area contributed by atoms with E-state index in [1.807, 2.05) is 47.4 Å². The summed E-state index contributed by atoms with van der Waals surface area (Å²) in [6.07, 6.45) is 1.48. The van der Waals surface area contributed by atoms with Crippen molar-refractivity contribution in [2.45, 2.75) is 6.61 Å². The summed E-state index contributed by atoms with van der Waals surface area (Å²) < 4.78 is 5.70. The van der Waals surface area contributed by atoms with E-state index in [2.05, 4.69) is 26.0 Å². The zero-order chi connectivity index (χ0) is 20.5. The van der Waals surface area contributed by atoms with E-state index >= 15 is 0 Å². The maximum absolute atomic E-state index is 11.7. The van der Waals surface area contributed by atoms with Crippen molar-refractivity contribution in [1.82, 2.24) is 20.6 Å². The molecule has 0 radical (unpaired) electrons. The van der Waals surface area contributed by atoms with Crippen LogP contribution in [0.3, 0.4) is 0 Å². The van der Waals surface area contributed by atoms with Crippen LogP contribution in [0.25, 0.3) is 0 Å². The summed E-state index contributed by atoms with van der Waals surface area (Å²) in [5, 5.41) is 11.9. The quantitative estimate of drug-likeness (QED) is 0.326. The van der Waals surface area contributed by atoms with Crippen LogP contribution in [0.2, 0.25) is 0 Å². The van der Waals surface area contributed by atoms with Gasteiger partial charge in [-0.25, -0.2) is 15.3 Å². The van der Waals surface area contributed by atoms with Gasteiger partial charge in [0.2, 0.25) is 5.82 Å². The molecule has 0 saturated carbocycles. The number of anilines is 1. The topological polar surface area (TPSA) is 141 Å². The van der Waals surface area contributed by atoms with Gasteiger partial charge in [0, 0.05) is 0 Å². The van der Waals surface area contributed by atoms with Gasteiger partial charge in [0.1, 0.15) is 12.4 Å². The van der Waals surface area contributed by atoms with E-state index in [1.54, 1.807) is 12.1 Å². The van der Waals surface area contributed by atoms with Gasteiger partial charge < -0.3 is 10.1 Å². The second kappa shape index (κ2) is 9.65. The van der Waals surface area contributed by atoms with Gasteiger partial charge in [0.15, 0.2) is 0 Å². The van der Waals surface area contributed by atoms with Crippen LogP contribution >= 0.6 is 0 Å². The first kappa shape index (κ1) is 19.5. The fourth-order valence-corrected chi connectivity index (χ4v) is 2.24. The largest absolute Gasteiger partial charge is 0.489 e. The van der Waals surface area contributed by atoms with E-state index in [-0.39, 0.29) is 12.4 Å². The lowest BCUT2D eigenvalue weighted by Crippen LogP contribution is -2.31. The number of hydrogen-bond acceptors (Lipinski definition) is 7. The Balaban J connectivity index is 1.44. The van der Waals surface area contributed by atoms with Crippen LogP contribution in [0.5, 0.6) is 5.75 Å². The summed E-state index contributed by atoms with van der Waals surface area (Å²) in [5.41, 5.74) is 2.71. The highest BCUT2D eigenvalue weighted by atomic mass is 16.5. The maximum atomic E-state index is 11.7. The van der Waals surface area contributed by atoms with Gasteiger partial charge in [-0.15, -0.1) is 5.10 Å². The molecule has 10 heteroatoms. The molecule has 0 unspecified atom stereocenters. The lowest BCUT2D eigenvalue weighted by Gasteiger charge is -2.06. The average Bonchev–Trinajstić information content (AvgIpc) is 2.73. The van der Waals surface area contributed by atoms with Crippen LogP contribution in [-0.4, -0.2) is 33.8 Å². The number of ether oxygens (including phenoxy) is 1. The number of amides is 1. The van der Waals surface area contributed by atoms with Crippen LogP contribution in [-0.2, 0) is 11.4 Å².